The highest BCUT2D eigenvalue weighted by Gasteiger charge is 2.32. The minimum Gasteiger partial charge on any atom is -0.357 e. The lowest BCUT2D eigenvalue weighted by atomic mass is 9.92. The van der Waals surface area contributed by atoms with Gasteiger partial charge in [-0.2, -0.15) is 0 Å². The summed E-state index contributed by atoms with van der Waals surface area (Å²) < 4.78 is 0. The Kier molecular flexibility index (Phi) is 4.63. The topological polar surface area (TPSA) is 41.4 Å². The van der Waals surface area contributed by atoms with Gasteiger partial charge in [0, 0.05) is 11.8 Å². The molecule has 0 bridgehead atoms. The van der Waals surface area contributed by atoms with Gasteiger partial charge in [-0.15, -0.1) is 0 Å². The van der Waals surface area contributed by atoms with Crippen molar-refractivity contribution in [2.75, 3.05) is 4.90 Å². The van der Waals surface area contributed by atoms with Crippen LogP contribution in [0.3, 0.4) is 0 Å². The van der Waals surface area contributed by atoms with Crippen LogP contribution in [0.2, 0.25) is 5.15 Å². The molecular formula is C20H25ClN4. The van der Waals surface area contributed by atoms with Crippen molar-refractivity contribution in [2.24, 2.45) is 4.99 Å². The number of nitrogens with zero attached hydrogens (tertiary/aromatic N) is 4. The van der Waals surface area contributed by atoms with Crippen LogP contribution in [0.4, 0.5) is 11.4 Å². The molecule has 1 aliphatic carbocycles. The molecule has 5 heteroatoms. The zero-order chi connectivity index (χ0) is 17.4. The van der Waals surface area contributed by atoms with Crippen LogP contribution in [0.1, 0.15) is 58.8 Å². The largest absolute Gasteiger partial charge is 0.357 e. The van der Waals surface area contributed by atoms with E-state index in [1.165, 1.54) is 44.9 Å². The normalized spacial score (nSPS) is 22.3. The highest BCUT2D eigenvalue weighted by Crippen LogP contribution is 2.42. The van der Waals surface area contributed by atoms with E-state index < -0.39 is 0 Å². The first-order chi connectivity index (χ1) is 12.1. The third-order valence-electron chi connectivity index (χ3n) is 5.68. The highest BCUT2D eigenvalue weighted by atomic mass is 35.5. The predicted octanol–water partition coefficient (Wildman–Crippen LogP) is 5.70. The number of anilines is 1. The van der Waals surface area contributed by atoms with Gasteiger partial charge in [0.25, 0.3) is 0 Å². The van der Waals surface area contributed by atoms with E-state index in [-0.39, 0.29) is 6.04 Å². The molecule has 0 N–H and O–H groups in total. The zero-order valence-electron chi connectivity index (χ0n) is 15.0. The maximum Gasteiger partial charge on any atom is 0.130 e. The number of hydrogen-bond acceptors (Lipinski definition) is 4. The van der Waals surface area contributed by atoms with Crippen molar-refractivity contribution in [3.63, 3.8) is 0 Å². The molecule has 3 heterocycles. The SMILES string of the molecule is CC1=Nc2cnc3ccc(Cl)nc3c2N(C2CCCCCCC2)C1C. The van der Waals surface area contributed by atoms with Gasteiger partial charge in [0.05, 0.1) is 23.4 Å². The number of aromatic nitrogens is 2. The number of pyridine rings is 2. The molecule has 4 nitrogen and oxygen atoms in total. The van der Waals surface area contributed by atoms with Crippen molar-refractivity contribution < 1.29 is 0 Å². The summed E-state index contributed by atoms with van der Waals surface area (Å²) in [6, 6.07) is 4.58. The smallest absolute Gasteiger partial charge is 0.130 e. The average Bonchev–Trinajstić information content (AvgIpc) is 2.57. The summed E-state index contributed by atoms with van der Waals surface area (Å²) in [4.78, 5) is 16.6. The van der Waals surface area contributed by atoms with Crippen LogP contribution in [0, 0.1) is 0 Å². The van der Waals surface area contributed by atoms with Gasteiger partial charge >= 0.3 is 0 Å². The van der Waals surface area contributed by atoms with E-state index in [1.54, 1.807) is 0 Å². The van der Waals surface area contributed by atoms with Gasteiger partial charge in [-0.3, -0.25) is 9.98 Å². The summed E-state index contributed by atoms with van der Waals surface area (Å²) in [6.07, 6.45) is 11.0. The lowest BCUT2D eigenvalue weighted by molar-refractivity contribution is 0.423. The van der Waals surface area contributed by atoms with Gasteiger partial charge in [0.1, 0.15) is 16.4 Å². The minimum absolute atomic E-state index is 0.281. The Balaban J connectivity index is 1.87. The van der Waals surface area contributed by atoms with Gasteiger partial charge in [0.2, 0.25) is 0 Å². The van der Waals surface area contributed by atoms with Crippen molar-refractivity contribution in [1.29, 1.82) is 0 Å². The summed E-state index contributed by atoms with van der Waals surface area (Å²) >= 11 is 6.21. The molecule has 132 valence electrons. The van der Waals surface area contributed by atoms with E-state index in [0.29, 0.717) is 11.2 Å². The first-order valence-electron chi connectivity index (χ1n) is 9.44. The molecule has 1 atom stereocenters. The number of fused-ring (bicyclic) bond motifs is 3. The third-order valence-corrected chi connectivity index (χ3v) is 5.89. The summed E-state index contributed by atoms with van der Waals surface area (Å²) in [5.74, 6) is 0. The molecule has 0 amide bonds. The maximum atomic E-state index is 6.21. The quantitative estimate of drug-likeness (QED) is 0.615. The summed E-state index contributed by atoms with van der Waals surface area (Å²) in [6.45, 7) is 4.39. The lowest BCUT2D eigenvalue weighted by Crippen LogP contribution is -2.47. The number of aliphatic imine (C=N–C) groups is 1. The number of rotatable bonds is 1. The molecule has 0 spiro atoms. The minimum atomic E-state index is 0.281. The Hall–Kier alpha value is -1.68. The predicted molar refractivity (Wildman–Crippen MR) is 105 cm³/mol. The van der Waals surface area contributed by atoms with Crippen LogP contribution in [-0.2, 0) is 0 Å². The fourth-order valence-corrected chi connectivity index (χ4v) is 4.39. The molecule has 25 heavy (non-hydrogen) atoms. The third kappa shape index (κ3) is 3.12. The van der Waals surface area contributed by atoms with Gasteiger partial charge < -0.3 is 4.90 Å². The maximum absolute atomic E-state index is 6.21. The summed E-state index contributed by atoms with van der Waals surface area (Å²) in [5, 5.41) is 0.513. The molecule has 1 fully saturated rings. The van der Waals surface area contributed by atoms with Crippen molar-refractivity contribution in [3.05, 3.63) is 23.5 Å². The molecule has 1 aliphatic heterocycles. The van der Waals surface area contributed by atoms with Crippen LogP contribution in [0.25, 0.3) is 11.0 Å². The van der Waals surface area contributed by atoms with Crippen LogP contribution in [0.15, 0.2) is 23.3 Å². The highest BCUT2D eigenvalue weighted by molar-refractivity contribution is 6.30. The van der Waals surface area contributed by atoms with E-state index >= 15 is 0 Å². The van der Waals surface area contributed by atoms with Crippen LogP contribution < -0.4 is 4.90 Å². The van der Waals surface area contributed by atoms with Crippen molar-refractivity contribution in [3.8, 4) is 0 Å². The first kappa shape index (κ1) is 16.8. The Bertz CT molecular complexity index is 809. The summed E-state index contributed by atoms with van der Waals surface area (Å²) in [7, 11) is 0. The van der Waals surface area contributed by atoms with E-state index in [4.69, 9.17) is 16.6 Å². The van der Waals surface area contributed by atoms with Crippen molar-refractivity contribution in [1.82, 2.24) is 9.97 Å². The standard InChI is InChI=1S/C20H25ClN4/c1-13-14(2)25(15-8-6-4-3-5-7-9-15)20-17(23-13)12-22-16-10-11-18(21)24-19(16)20/h10-12,14-15H,3-9H2,1-2H3. The number of hydrogen-bond donors (Lipinski definition) is 0. The van der Waals surface area contributed by atoms with Gasteiger partial charge in [-0.25, -0.2) is 4.98 Å². The van der Waals surface area contributed by atoms with Crippen molar-refractivity contribution in [2.45, 2.75) is 70.9 Å². The molecule has 1 saturated carbocycles. The molecule has 0 aromatic carbocycles. The average molecular weight is 357 g/mol. The molecular weight excluding hydrogens is 332 g/mol. The second kappa shape index (κ2) is 6.91. The molecule has 2 aromatic heterocycles. The molecule has 4 rings (SSSR count). The Labute approximate surface area is 154 Å². The molecule has 2 aromatic rings. The van der Waals surface area contributed by atoms with Gasteiger partial charge in [-0.1, -0.05) is 43.7 Å². The van der Waals surface area contributed by atoms with Gasteiger partial charge in [-0.05, 0) is 38.8 Å². The van der Waals surface area contributed by atoms with E-state index in [0.717, 1.165) is 28.1 Å². The Morgan fingerprint density at radius 2 is 1.80 bits per heavy atom. The van der Waals surface area contributed by atoms with Crippen molar-refractivity contribution >= 4 is 39.7 Å². The summed E-state index contributed by atoms with van der Waals surface area (Å²) in [5.41, 5.74) is 4.98. The van der Waals surface area contributed by atoms with E-state index in [1.807, 2.05) is 18.3 Å². The Morgan fingerprint density at radius 3 is 2.56 bits per heavy atom. The second-order valence-electron chi connectivity index (χ2n) is 7.33. The monoisotopic (exact) mass is 356 g/mol. The second-order valence-corrected chi connectivity index (χ2v) is 7.72. The molecule has 2 aliphatic rings. The number of halogens is 1. The zero-order valence-corrected chi connectivity index (χ0v) is 15.8. The fraction of sp³-hybridized carbons (Fsp3) is 0.550. The van der Waals surface area contributed by atoms with E-state index in [9.17, 15) is 0 Å². The van der Waals surface area contributed by atoms with Crippen LogP contribution in [-0.4, -0.2) is 27.8 Å². The fourth-order valence-electron chi connectivity index (χ4n) is 4.25. The molecule has 0 saturated heterocycles. The van der Waals surface area contributed by atoms with Crippen LogP contribution >= 0.6 is 11.6 Å². The first-order valence-corrected chi connectivity index (χ1v) is 9.82. The van der Waals surface area contributed by atoms with E-state index in [2.05, 4.69) is 28.7 Å². The molecule has 1 unspecified atom stereocenters. The molecule has 0 radical (unpaired) electrons. The van der Waals surface area contributed by atoms with Gasteiger partial charge in [0.15, 0.2) is 0 Å². The van der Waals surface area contributed by atoms with Crippen LogP contribution in [0.5, 0.6) is 0 Å². The lowest BCUT2D eigenvalue weighted by Gasteiger charge is -2.42. The Morgan fingerprint density at radius 1 is 1.08 bits per heavy atom.